The van der Waals surface area contributed by atoms with Gasteiger partial charge < -0.3 is 10.6 Å². The molecular formula is C20H24N4O2S. The molecule has 0 aliphatic carbocycles. The molecule has 2 aliphatic heterocycles. The van der Waals surface area contributed by atoms with Crippen molar-refractivity contribution in [1.29, 1.82) is 0 Å². The maximum atomic E-state index is 12.9. The number of guanidine groups is 1. The maximum Gasteiger partial charge on any atom is 0.232 e. The van der Waals surface area contributed by atoms with Gasteiger partial charge in [-0.2, -0.15) is 0 Å². The zero-order valence-corrected chi connectivity index (χ0v) is 16.5. The second-order valence-corrected chi connectivity index (χ2v) is 8.67. The van der Waals surface area contributed by atoms with Gasteiger partial charge >= 0.3 is 0 Å². The molecule has 2 aliphatic rings. The quantitative estimate of drug-likeness (QED) is 0.883. The smallest absolute Gasteiger partial charge is 0.232 e. The molecule has 2 amide bonds. The first-order valence-electron chi connectivity index (χ1n) is 9.25. The lowest BCUT2D eigenvalue weighted by atomic mass is 9.87. The summed E-state index contributed by atoms with van der Waals surface area (Å²) in [4.78, 5) is 32.6. The summed E-state index contributed by atoms with van der Waals surface area (Å²) in [6.45, 7) is 5.50. The van der Waals surface area contributed by atoms with Gasteiger partial charge in [-0.3, -0.25) is 14.5 Å². The molecule has 1 aromatic carbocycles. The van der Waals surface area contributed by atoms with Crippen LogP contribution in [0.2, 0.25) is 0 Å². The topological polar surface area (TPSA) is 79.0 Å². The fourth-order valence-corrected chi connectivity index (χ4v) is 4.83. The highest BCUT2D eigenvalue weighted by atomic mass is 32.1. The summed E-state index contributed by atoms with van der Waals surface area (Å²) in [5.74, 6) is 0.607. The van der Waals surface area contributed by atoms with E-state index in [0.29, 0.717) is 19.5 Å². The number of carbonyl (C=O) groups excluding carboxylic acids is 2. The van der Waals surface area contributed by atoms with Crippen LogP contribution < -0.4 is 5.73 Å². The van der Waals surface area contributed by atoms with E-state index >= 15 is 0 Å². The van der Waals surface area contributed by atoms with E-state index in [2.05, 4.69) is 23.6 Å². The molecule has 2 N–H and O–H groups in total. The van der Waals surface area contributed by atoms with Crippen LogP contribution in [0.1, 0.15) is 32.3 Å². The zero-order chi connectivity index (χ0) is 19.2. The number of amides is 2. The number of hydrogen-bond acceptors (Lipinski definition) is 5. The van der Waals surface area contributed by atoms with Crippen molar-refractivity contribution in [3.63, 3.8) is 0 Å². The summed E-state index contributed by atoms with van der Waals surface area (Å²) in [6.07, 6.45) is 1.19. The van der Waals surface area contributed by atoms with Crippen molar-refractivity contribution in [1.82, 2.24) is 9.80 Å². The third-order valence-corrected chi connectivity index (χ3v) is 6.58. The van der Waals surface area contributed by atoms with Gasteiger partial charge in [0.2, 0.25) is 11.8 Å². The van der Waals surface area contributed by atoms with Crippen LogP contribution in [-0.2, 0) is 15.1 Å². The highest BCUT2D eigenvalue weighted by molar-refractivity contribution is 7.17. The number of nitrogens with zero attached hydrogens (tertiary/aromatic N) is 3. The minimum atomic E-state index is -0.644. The lowest BCUT2D eigenvalue weighted by molar-refractivity contribution is -0.130. The Morgan fingerprint density at radius 1 is 1.41 bits per heavy atom. The second-order valence-electron chi connectivity index (χ2n) is 7.72. The van der Waals surface area contributed by atoms with Crippen molar-refractivity contribution in [3.05, 3.63) is 35.2 Å². The molecule has 7 heteroatoms. The van der Waals surface area contributed by atoms with Crippen LogP contribution in [0.5, 0.6) is 0 Å². The third-order valence-electron chi connectivity index (χ3n) is 5.68. The first kappa shape index (κ1) is 18.0. The van der Waals surface area contributed by atoms with E-state index in [-0.39, 0.29) is 23.7 Å². The number of fused-ring (bicyclic) bond motifs is 1. The molecular weight excluding hydrogens is 360 g/mol. The van der Waals surface area contributed by atoms with Crippen LogP contribution in [0.25, 0.3) is 10.1 Å². The molecule has 0 spiro atoms. The number of aliphatic imine (C=N–C) groups is 1. The summed E-state index contributed by atoms with van der Waals surface area (Å²) < 4.78 is 1.22. The zero-order valence-electron chi connectivity index (χ0n) is 15.6. The van der Waals surface area contributed by atoms with Gasteiger partial charge in [0.05, 0.1) is 12.0 Å². The summed E-state index contributed by atoms with van der Waals surface area (Å²) in [6, 6.07) is 8.31. The van der Waals surface area contributed by atoms with Crippen LogP contribution in [0, 0.1) is 5.92 Å². The molecule has 2 atom stereocenters. The molecule has 1 aromatic heterocycles. The van der Waals surface area contributed by atoms with Crippen molar-refractivity contribution in [2.45, 2.75) is 32.2 Å². The van der Waals surface area contributed by atoms with Crippen LogP contribution in [0.3, 0.4) is 0 Å². The normalized spacial score (nSPS) is 25.9. The molecule has 2 aromatic rings. The fourth-order valence-electron chi connectivity index (χ4n) is 4.06. The number of carbonyl (C=O) groups is 2. The number of benzene rings is 1. The number of thiophene rings is 1. The molecule has 1 unspecified atom stereocenters. The number of likely N-dealkylation sites (tertiary alicyclic amines) is 1. The second kappa shape index (κ2) is 6.64. The molecule has 27 heavy (non-hydrogen) atoms. The molecule has 0 radical (unpaired) electrons. The Bertz CT molecular complexity index is 937. The predicted octanol–water partition coefficient (Wildman–Crippen LogP) is 2.53. The van der Waals surface area contributed by atoms with E-state index < -0.39 is 5.54 Å². The van der Waals surface area contributed by atoms with Crippen LogP contribution in [0.15, 0.2) is 34.6 Å². The van der Waals surface area contributed by atoms with Crippen molar-refractivity contribution in [2.75, 3.05) is 19.6 Å². The van der Waals surface area contributed by atoms with Crippen LogP contribution >= 0.6 is 11.3 Å². The average Bonchev–Trinajstić information content (AvgIpc) is 3.26. The van der Waals surface area contributed by atoms with E-state index in [9.17, 15) is 9.59 Å². The summed E-state index contributed by atoms with van der Waals surface area (Å²) in [5.41, 5.74) is 6.59. The Labute approximate surface area is 162 Å². The Kier molecular flexibility index (Phi) is 4.42. The Hall–Kier alpha value is -2.41. The standard InChI is InChI=1S/C20H24N4O2S/c1-13(25)23-7-5-14(11-23)12-24-18(26)10-20(2,22-19(24)21)16-3-4-17-15(9-16)6-8-27-17/h3-4,6,8-9,14H,5,7,10-12H2,1-2H3,(H2,21,22)/t14?,20-/m0/s1. The van der Waals surface area contributed by atoms with Gasteiger partial charge in [-0.25, -0.2) is 4.99 Å². The van der Waals surface area contributed by atoms with E-state index in [1.165, 1.54) is 4.70 Å². The first-order valence-corrected chi connectivity index (χ1v) is 10.1. The largest absolute Gasteiger partial charge is 0.369 e. The minimum Gasteiger partial charge on any atom is -0.369 e. The van der Waals surface area contributed by atoms with Crippen molar-refractivity contribution in [3.8, 4) is 0 Å². The fraction of sp³-hybridized carbons (Fsp3) is 0.450. The molecule has 0 saturated carbocycles. The highest BCUT2D eigenvalue weighted by Gasteiger charge is 2.39. The predicted molar refractivity (Wildman–Crippen MR) is 107 cm³/mol. The number of rotatable bonds is 3. The van der Waals surface area contributed by atoms with Gasteiger partial charge in [0.25, 0.3) is 0 Å². The van der Waals surface area contributed by atoms with Crippen molar-refractivity contribution >= 4 is 39.2 Å². The molecule has 0 bridgehead atoms. The van der Waals surface area contributed by atoms with Crippen LogP contribution in [0.4, 0.5) is 0 Å². The lowest BCUT2D eigenvalue weighted by Crippen LogP contribution is -2.51. The SMILES string of the molecule is CC(=O)N1CCC(CN2C(=O)C[C@@](C)(c3ccc4sccc4c3)N=C2N)C1. The monoisotopic (exact) mass is 384 g/mol. The Balaban J connectivity index is 1.55. The van der Waals surface area contributed by atoms with E-state index in [1.807, 2.05) is 17.9 Å². The number of hydrogen-bond donors (Lipinski definition) is 1. The molecule has 1 fully saturated rings. The summed E-state index contributed by atoms with van der Waals surface area (Å²) >= 11 is 1.70. The Morgan fingerprint density at radius 3 is 2.93 bits per heavy atom. The van der Waals surface area contributed by atoms with E-state index in [4.69, 9.17) is 10.7 Å². The van der Waals surface area contributed by atoms with Gasteiger partial charge in [-0.1, -0.05) is 6.07 Å². The van der Waals surface area contributed by atoms with E-state index in [1.54, 1.807) is 23.2 Å². The number of nitrogens with two attached hydrogens (primary N) is 1. The van der Waals surface area contributed by atoms with Gasteiger partial charge in [0, 0.05) is 31.3 Å². The lowest BCUT2D eigenvalue weighted by Gasteiger charge is -2.36. The summed E-state index contributed by atoms with van der Waals surface area (Å²) in [5, 5.41) is 3.23. The molecule has 6 nitrogen and oxygen atoms in total. The minimum absolute atomic E-state index is 0.00306. The van der Waals surface area contributed by atoms with Gasteiger partial charge in [-0.05, 0) is 53.8 Å². The highest BCUT2D eigenvalue weighted by Crippen LogP contribution is 2.36. The molecule has 4 rings (SSSR count). The van der Waals surface area contributed by atoms with E-state index in [0.717, 1.165) is 23.9 Å². The van der Waals surface area contributed by atoms with Gasteiger partial charge in [0.15, 0.2) is 5.96 Å². The van der Waals surface area contributed by atoms with Crippen molar-refractivity contribution in [2.24, 2.45) is 16.6 Å². The molecule has 3 heterocycles. The average molecular weight is 385 g/mol. The first-order chi connectivity index (χ1) is 12.9. The third kappa shape index (κ3) is 3.32. The van der Waals surface area contributed by atoms with Gasteiger partial charge in [0.1, 0.15) is 0 Å². The summed E-state index contributed by atoms with van der Waals surface area (Å²) in [7, 11) is 0. The molecule has 142 valence electrons. The molecule has 1 saturated heterocycles. The van der Waals surface area contributed by atoms with Crippen molar-refractivity contribution < 1.29 is 9.59 Å². The van der Waals surface area contributed by atoms with Crippen LogP contribution in [-0.4, -0.2) is 47.2 Å². The maximum absolute atomic E-state index is 12.9. The van der Waals surface area contributed by atoms with Gasteiger partial charge in [-0.15, -0.1) is 11.3 Å². The Morgan fingerprint density at radius 2 is 2.22 bits per heavy atom.